The van der Waals surface area contributed by atoms with E-state index in [1.54, 1.807) is 12.1 Å². The number of hydrogen-bond acceptors (Lipinski definition) is 3. The number of ether oxygens (including phenoxy) is 2. The molecule has 1 heterocycles. The largest absolute Gasteiger partial charge is 0.488 e. The smallest absolute Gasteiger partial charge is 0.127 e. The number of halogens is 2. The van der Waals surface area contributed by atoms with Crippen LogP contribution in [-0.4, -0.2) is 25.9 Å². The van der Waals surface area contributed by atoms with E-state index in [4.69, 9.17) is 21.1 Å². The minimum Gasteiger partial charge on any atom is -0.488 e. The molecule has 3 rings (SSSR count). The summed E-state index contributed by atoms with van der Waals surface area (Å²) in [7, 11) is 0. The van der Waals surface area contributed by atoms with E-state index in [1.807, 2.05) is 24.3 Å². The molecule has 1 atom stereocenters. The molecular weight excluding hydrogens is 317 g/mol. The highest BCUT2D eigenvalue weighted by molar-refractivity contribution is 6.31. The predicted octanol–water partition coefficient (Wildman–Crippen LogP) is 4.30. The highest BCUT2D eigenvalue weighted by Gasteiger charge is 2.16. The molecule has 0 unspecified atom stereocenters. The number of anilines is 1. The van der Waals surface area contributed by atoms with Gasteiger partial charge < -0.3 is 14.8 Å². The van der Waals surface area contributed by atoms with Crippen LogP contribution >= 0.6 is 11.6 Å². The number of hydrogen-bond donors (Lipinski definition) is 1. The highest BCUT2D eigenvalue weighted by atomic mass is 35.5. The third-order valence-electron chi connectivity index (χ3n) is 3.81. The molecule has 0 spiro atoms. The van der Waals surface area contributed by atoms with Crippen molar-refractivity contribution in [1.29, 1.82) is 0 Å². The highest BCUT2D eigenvalue weighted by Crippen LogP contribution is 2.21. The second-order valence-electron chi connectivity index (χ2n) is 5.50. The summed E-state index contributed by atoms with van der Waals surface area (Å²) in [5, 5.41) is 3.73. The molecule has 0 amide bonds. The van der Waals surface area contributed by atoms with E-state index in [0.29, 0.717) is 30.2 Å². The molecule has 0 aromatic heterocycles. The van der Waals surface area contributed by atoms with Crippen molar-refractivity contribution >= 4 is 17.3 Å². The SMILES string of the molecule is Fc1cccc(Cl)c1CCNc1ccc(O[C@@H]2CCOC2)cc1. The van der Waals surface area contributed by atoms with Gasteiger partial charge in [-0.05, 0) is 42.8 Å². The fourth-order valence-electron chi connectivity index (χ4n) is 2.55. The maximum atomic E-state index is 13.7. The second kappa shape index (κ2) is 7.66. The molecule has 2 aromatic rings. The Kier molecular flexibility index (Phi) is 5.36. The Labute approximate surface area is 140 Å². The Morgan fingerprint density at radius 2 is 2.04 bits per heavy atom. The fraction of sp³-hybridized carbons (Fsp3) is 0.333. The molecule has 122 valence electrons. The summed E-state index contributed by atoms with van der Waals surface area (Å²) < 4.78 is 24.8. The molecular formula is C18H19ClFNO2. The van der Waals surface area contributed by atoms with Gasteiger partial charge in [0.05, 0.1) is 13.2 Å². The van der Waals surface area contributed by atoms with E-state index in [0.717, 1.165) is 24.5 Å². The van der Waals surface area contributed by atoms with Crippen molar-refractivity contribution in [3.8, 4) is 5.75 Å². The van der Waals surface area contributed by atoms with Crippen LogP contribution in [0.4, 0.5) is 10.1 Å². The molecule has 3 nitrogen and oxygen atoms in total. The molecule has 0 saturated carbocycles. The maximum Gasteiger partial charge on any atom is 0.127 e. The zero-order chi connectivity index (χ0) is 16.1. The van der Waals surface area contributed by atoms with Crippen molar-refractivity contribution in [2.45, 2.75) is 18.9 Å². The maximum absolute atomic E-state index is 13.7. The summed E-state index contributed by atoms with van der Waals surface area (Å²) in [6.07, 6.45) is 1.61. The first-order valence-electron chi connectivity index (χ1n) is 7.73. The van der Waals surface area contributed by atoms with Crippen LogP contribution in [0.2, 0.25) is 5.02 Å². The van der Waals surface area contributed by atoms with E-state index >= 15 is 0 Å². The topological polar surface area (TPSA) is 30.5 Å². The molecule has 1 saturated heterocycles. The Hall–Kier alpha value is -1.78. The number of nitrogens with one attached hydrogen (secondary N) is 1. The Morgan fingerprint density at radius 3 is 2.74 bits per heavy atom. The normalized spacial score (nSPS) is 17.2. The molecule has 5 heteroatoms. The van der Waals surface area contributed by atoms with Crippen LogP contribution < -0.4 is 10.1 Å². The lowest BCUT2D eigenvalue weighted by atomic mass is 10.1. The van der Waals surface area contributed by atoms with Gasteiger partial charge in [0.1, 0.15) is 17.7 Å². The summed E-state index contributed by atoms with van der Waals surface area (Å²) >= 11 is 6.02. The standard InChI is InChI=1S/C18H19ClFNO2/c19-17-2-1-3-18(20)16(17)8-10-21-13-4-6-14(7-5-13)23-15-9-11-22-12-15/h1-7,15,21H,8-12H2/t15-/m1/s1. The Morgan fingerprint density at radius 1 is 1.22 bits per heavy atom. The van der Waals surface area contributed by atoms with Crippen molar-refractivity contribution < 1.29 is 13.9 Å². The van der Waals surface area contributed by atoms with Crippen LogP contribution in [0.15, 0.2) is 42.5 Å². The second-order valence-corrected chi connectivity index (χ2v) is 5.91. The van der Waals surface area contributed by atoms with Gasteiger partial charge in [-0.1, -0.05) is 17.7 Å². The van der Waals surface area contributed by atoms with Crippen molar-refractivity contribution in [3.05, 3.63) is 58.9 Å². The van der Waals surface area contributed by atoms with Gasteiger partial charge in [-0.25, -0.2) is 4.39 Å². The molecule has 23 heavy (non-hydrogen) atoms. The summed E-state index contributed by atoms with van der Waals surface area (Å²) in [6.45, 7) is 2.03. The summed E-state index contributed by atoms with van der Waals surface area (Å²) in [6, 6.07) is 12.5. The molecule has 0 bridgehead atoms. The predicted molar refractivity (Wildman–Crippen MR) is 89.9 cm³/mol. The number of benzene rings is 2. The van der Waals surface area contributed by atoms with Gasteiger partial charge in [-0.2, -0.15) is 0 Å². The molecule has 0 radical (unpaired) electrons. The number of rotatable bonds is 6. The lowest BCUT2D eigenvalue weighted by Gasteiger charge is -2.13. The quantitative estimate of drug-likeness (QED) is 0.853. The molecule has 1 fully saturated rings. The first kappa shape index (κ1) is 16.1. The van der Waals surface area contributed by atoms with Gasteiger partial charge in [0, 0.05) is 29.2 Å². The van der Waals surface area contributed by atoms with Gasteiger partial charge in [0.2, 0.25) is 0 Å². The van der Waals surface area contributed by atoms with Crippen molar-refractivity contribution in [2.75, 3.05) is 25.1 Å². The van der Waals surface area contributed by atoms with E-state index in [1.165, 1.54) is 6.07 Å². The summed E-state index contributed by atoms with van der Waals surface area (Å²) in [4.78, 5) is 0. The fourth-order valence-corrected chi connectivity index (χ4v) is 2.81. The van der Waals surface area contributed by atoms with Gasteiger partial charge in [-0.15, -0.1) is 0 Å². The van der Waals surface area contributed by atoms with Crippen LogP contribution in [0.3, 0.4) is 0 Å². The average Bonchev–Trinajstić information content (AvgIpc) is 3.05. The third kappa shape index (κ3) is 4.36. The monoisotopic (exact) mass is 335 g/mol. The third-order valence-corrected chi connectivity index (χ3v) is 4.16. The average molecular weight is 336 g/mol. The summed E-state index contributed by atoms with van der Waals surface area (Å²) in [5.74, 6) is 0.574. The van der Waals surface area contributed by atoms with E-state index in [9.17, 15) is 4.39 Å². The lowest BCUT2D eigenvalue weighted by molar-refractivity contribution is 0.141. The van der Waals surface area contributed by atoms with Crippen molar-refractivity contribution in [2.24, 2.45) is 0 Å². The molecule has 1 aliphatic heterocycles. The van der Waals surface area contributed by atoms with E-state index in [-0.39, 0.29) is 11.9 Å². The van der Waals surface area contributed by atoms with Crippen LogP contribution in [0.1, 0.15) is 12.0 Å². The lowest BCUT2D eigenvalue weighted by Crippen LogP contribution is -2.15. The molecule has 2 aromatic carbocycles. The van der Waals surface area contributed by atoms with Gasteiger partial charge >= 0.3 is 0 Å². The molecule has 0 aliphatic carbocycles. The van der Waals surface area contributed by atoms with Gasteiger partial charge in [0.15, 0.2) is 0 Å². The Bertz CT molecular complexity index is 622. The van der Waals surface area contributed by atoms with Crippen molar-refractivity contribution in [3.63, 3.8) is 0 Å². The molecule has 1 N–H and O–H groups in total. The first-order valence-corrected chi connectivity index (χ1v) is 8.11. The van der Waals surface area contributed by atoms with Gasteiger partial charge in [-0.3, -0.25) is 0 Å². The first-order chi connectivity index (χ1) is 11.2. The Balaban J connectivity index is 1.50. The minimum absolute atomic E-state index is 0.150. The van der Waals surface area contributed by atoms with Crippen LogP contribution in [0.25, 0.3) is 0 Å². The van der Waals surface area contributed by atoms with E-state index in [2.05, 4.69) is 5.32 Å². The van der Waals surface area contributed by atoms with E-state index < -0.39 is 0 Å². The zero-order valence-electron chi connectivity index (χ0n) is 12.7. The van der Waals surface area contributed by atoms with Crippen LogP contribution in [0.5, 0.6) is 5.75 Å². The zero-order valence-corrected chi connectivity index (χ0v) is 13.5. The van der Waals surface area contributed by atoms with Crippen LogP contribution in [-0.2, 0) is 11.2 Å². The van der Waals surface area contributed by atoms with Gasteiger partial charge in [0.25, 0.3) is 0 Å². The minimum atomic E-state index is -0.262. The van der Waals surface area contributed by atoms with Crippen molar-refractivity contribution in [1.82, 2.24) is 0 Å². The summed E-state index contributed by atoms with van der Waals surface area (Å²) in [5.41, 5.74) is 1.51. The molecule has 1 aliphatic rings. The van der Waals surface area contributed by atoms with Crippen LogP contribution in [0, 0.1) is 5.82 Å².